The van der Waals surface area contributed by atoms with E-state index in [1.54, 1.807) is 22.3 Å². The van der Waals surface area contributed by atoms with Crippen molar-refractivity contribution in [2.45, 2.75) is 0 Å². The molecule has 0 bridgehead atoms. The number of hydrogen-bond donors (Lipinski definition) is 0. The van der Waals surface area contributed by atoms with Crippen LogP contribution in [-0.2, 0) is 4.79 Å². The Hall–Kier alpha value is -3.49. The number of benzene rings is 1. The van der Waals surface area contributed by atoms with Crippen LogP contribution in [0.25, 0.3) is 22.3 Å². The van der Waals surface area contributed by atoms with Crippen LogP contribution in [0.2, 0.25) is 0 Å². The van der Waals surface area contributed by atoms with Gasteiger partial charge in [0.15, 0.2) is 0 Å². The summed E-state index contributed by atoms with van der Waals surface area (Å²) in [6.45, 7) is 2.15. The van der Waals surface area contributed by atoms with Gasteiger partial charge in [0.2, 0.25) is 5.91 Å². The Bertz CT molecular complexity index is 1250. The van der Waals surface area contributed by atoms with E-state index in [9.17, 15) is 9.59 Å². The van der Waals surface area contributed by atoms with Gasteiger partial charge >= 0.3 is 0 Å². The zero-order valence-electron chi connectivity index (χ0n) is 17.8. The van der Waals surface area contributed by atoms with E-state index in [1.165, 1.54) is 11.3 Å². The Labute approximate surface area is 200 Å². The maximum Gasteiger partial charge on any atom is 0.264 e. The van der Waals surface area contributed by atoms with E-state index in [0.29, 0.717) is 26.2 Å². The van der Waals surface area contributed by atoms with E-state index in [4.69, 9.17) is 5.10 Å². The number of carbonyl (C=O) groups is 2. The minimum absolute atomic E-state index is 0.0431. The van der Waals surface area contributed by atoms with Crippen LogP contribution in [0.15, 0.2) is 77.6 Å². The predicted molar refractivity (Wildman–Crippen MR) is 133 cm³/mol. The Morgan fingerprint density at radius 1 is 0.848 bits per heavy atom. The molecule has 0 N–H and O–H groups in total. The fraction of sp³-hybridized carbons (Fsp3) is 0.160. The van der Waals surface area contributed by atoms with Gasteiger partial charge in [-0.15, -0.1) is 22.7 Å². The molecule has 5 rings (SSSR count). The summed E-state index contributed by atoms with van der Waals surface area (Å²) in [5.74, 6) is -0.00984. The first-order valence-corrected chi connectivity index (χ1v) is 12.4. The Morgan fingerprint density at radius 3 is 2.27 bits per heavy atom. The number of aromatic nitrogens is 2. The number of para-hydroxylation sites is 1. The van der Waals surface area contributed by atoms with Gasteiger partial charge in [-0.25, -0.2) is 4.68 Å². The van der Waals surface area contributed by atoms with Crippen LogP contribution in [0.5, 0.6) is 0 Å². The van der Waals surface area contributed by atoms with Gasteiger partial charge in [0.25, 0.3) is 5.91 Å². The molecule has 4 aromatic rings. The standard InChI is InChI=1S/C25H22N4O2S2/c30-23(27-12-14-28(15-13-27)25(31)22-9-5-17-33-22)11-10-19-18-29(20-6-2-1-3-7-20)26-24(19)21-8-4-16-32-21/h1-11,16-18H,12-15H2/b11-10+. The topological polar surface area (TPSA) is 58.4 Å². The number of thiophene rings is 2. The molecule has 0 radical (unpaired) electrons. The molecule has 1 aliphatic heterocycles. The zero-order valence-corrected chi connectivity index (χ0v) is 19.5. The lowest BCUT2D eigenvalue weighted by Gasteiger charge is -2.34. The molecule has 0 aliphatic carbocycles. The first kappa shape index (κ1) is 21.4. The number of rotatable bonds is 5. The van der Waals surface area contributed by atoms with E-state index >= 15 is 0 Å². The molecular formula is C25H22N4O2S2. The highest BCUT2D eigenvalue weighted by molar-refractivity contribution is 7.13. The molecular weight excluding hydrogens is 452 g/mol. The van der Waals surface area contributed by atoms with Crippen LogP contribution in [0.3, 0.4) is 0 Å². The number of carbonyl (C=O) groups excluding carboxylic acids is 2. The third-order valence-electron chi connectivity index (χ3n) is 5.53. The molecule has 1 aliphatic rings. The second-order valence-electron chi connectivity index (χ2n) is 7.62. The molecule has 0 saturated carbocycles. The van der Waals surface area contributed by atoms with Gasteiger partial charge in [-0.2, -0.15) is 5.10 Å². The molecule has 33 heavy (non-hydrogen) atoms. The van der Waals surface area contributed by atoms with E-state index in [0.717, 1.165) is 26.7 Å². The van der Waals surface area contributed by atoms with Gasteiger partial charge in [0.1, 0.15) is 5.69 Å². The van der Waals surface area contributed by atoms with Gasteiger partial charge < -0.3 is 9.80 Å². The van der Waals surface area contributed by atoms with Crippen molar-refractivity contribution in [3.8, 4) is 16.3 Å². The number of piperazine rings is 1. The van der Waals surface area contributed by atoms with Gasteiger partial charge in [-0.05, 0) is 41.1 Å². The Morgan fingerprint density at radius 2 is 1.58 bits per heavy atom. The van der Waals surface area contributed by atoms with Crippen molar-refractivity contribution in [2.75, 3.05) is 26.2 Å². The molecule has 8 heteroatoms. The molecule has 3 aromatic heterocycles. The van der Waals surface area contributed by atoms with Crippen molar-refractivity contribution in [3.05, 3.63) is 88.1 Å². The minimum Gasteiger partial charge on any atom is -0.336 e. The quantitative estimate of drug-likeness (QED) is 0.395. The number of hydrogen-bond acceptors (Lipinski definition) is 5. The van der Waals surface area contributed by atoms with Crippen molar-refractivity contribution in [1.29, 1.82) is 0 Å². The van der Waals surface area contributed by atoms with E-state index in [1.807, 2.05) is 87.2 Å². The van der Waals surface area contributed by atoms with Crippen molar-refractivity contribution < 1.29 is 9.59 Å². The molecule has 0 spiro atoms. The smallest absolute Gasteiger partial charge is 0.264 e. The molecule has 0 atom stereocenters. The molecule has 166 valence electrons. The average Bonchev–Trinajstić information content (AvgIpc) is 3.64. The SMILES string of the molecule is O=C(/C=C/c1cn(-c2ccccc2)nc1-c1cccs1)N1CCN(C(=O)c2cccs2)CC1. The van der Waals surface area contributed by atoms with E-state index in [2.05, 4.69) is 0 Å². The number of amides is 2. The zero-order chi connectivity index (χ0) is 22.6. The second-order valence-corrected chi connectivity index (χ2v) is 9.51. The lowest BCUT2D eigenvalue weighted by atomic mass is 10.2. The monoisotopic (exact) mass is 474 g/mol. The summed E-state index contributed by atoms with van der Waals surface area (Å²) in [5, 5.41) is 8.70. The summed E-state index contributed by atoms with van der Waals surface area (Å²) >= 11 is 3.07. The molecule has 4 heterocycles. The first-order valence-electron chi connectivity index (χ1n) is 10.7. The third-order valence-corrected chi connectivity index (χ3v) is 7.27. The molecule has 1 aromatic carbocycles. The van der Waals surface area contributed by atoms with Crippen LogP contribution >= 0.6 is 22.7 Å². The van der Waals surface area contributed by atoms with Crippen molar-refractivity contribution in [3.63, 3.8) is 0 Å². The highest BCUT2D eigenvalue weighted by Gasteiger charge is 2.24. The van der Waals surface area contributed by atoms with E-state index in [-0.39, 0.29) is 11.8 Å². The van der Waals surface area contributed by atoms with Gasteiger partial charge in [-0.3, -0.25) is 9.59 Å². The fourth-order valence-electron chi connectivity index (χ4n) is 3.78. The molecule has 1 saturated heterocycles. The van der Waals surface area contributed by atoms with Crippen LogP contribution in [-0.4, -0.2) is 57.6 Å². The highest BCUT2D eigenvalue weighted by atomic mass is 32.1. The summed E-state index contributed by atoms with van der Waals surface area (Å²) in [4.78, 5) is 30.8. The largest absolute Gasteiger partial charge is 0.336 e. The van der Waals surface area contributed by atoms with Crippen molar-refractivity contribution in [1.82, 2.24) is 19.6 Å². The van der Waals surface area contributed by atoms with Gasteiger partial charge in [0.05, 0.1) is 15.4 Å². The lowest BCUT2D eigenvalue weighted by molar-refractivity contribution is -0.127. The maximum atomic E-state index is 12.9. The summed E-state index contributed by atoms with van der Waals surface area (Å²) in [5.41, 5.74) is 2.71. The summed E-state index contributed by atoms with van der Waals surface area (Å²) in [6.07, 6.45) is 5.40. The van der Waals surface area contributed by atoms with Crippen molar-refractivity contribution in [2.24, 2.45) is 0 Å². The summed E-state index contributed by atoms with van der Waals surface area (Å²) < 4.78 is 1.84. The summed E-state index contributed by atoms with van der Waals surface area (Å²) in [7, 11) is 0. The molecule has 2 amide bonds. The predicted octanol–water partition coefficient (Wildman–Crippen LogP) is 4.66. The average molecular weight is 475 g/mol. The van der Waals surface area contributed by atoms with Gasteiger partial charge in [-0.1, -0.05) is 30.3 Å². The second kappa shape index (κ2) is 9.56. The summed E-state index contributed by atoms with van der Waals surface area (Å²) in [6, 6.07) is 17.7. The van der Waals surface area contributed by atoms with Crippen LogP contribution in [0, 0.1) is 0 Å². The Kier molecular flexibility index (Phi) is 6.19. The van der Waals surface area contributed by atoms with Crippen LogP contribution in [0.4, 0.5) is 0 Å². The third kappa shape index (κ3) is 4.67. The first-order chi connectivity index (χ1) is 16.2. The number of nitrogens with zero attached hydrogens (tertiary/aromatic N) is 4. The maximum absolute atomic E-state index is 12.9. The minimum atomic E-state index is -0.0530. The van der Waals surface area contributed by atoms with Crippen LogP contribution in [0.1, 0.15) is 15.2 Å². The lowest BCUT2D eigenvalue weighted by Crippen LogP contribution is -2.50. The van der Waals surface area contributed by atoms with E-state index < -0.39 is 0 Å². The Balaban J connectivity index is 1.29. The van der Waals surface area contributed by atoms with Crippen LogP contribution < -0.4 is 0 Å². The van der Waals surface area contributed by atoms with Gasteiger partial charge in [0, 0.05) is 44.0 Å². The molecule has 0 unspecified atom stereocenters. The van der Waals surface area contributed by atoms with Crippen molar-refractivity contribution >= 4 is 40.6 Å². The fourth-order valence-corrected chi connectivity index (χ4v) is 5.20. The molecule has 1 fully saturated rings. The highest BCUT2D eigenvalue weighted by Crippen LogP contribution is 2.28. The normalized spacial score (nSPS) is 14.2. The molecule has 6 nitrogen and oxygen atoms in total.